The van der Waals surface area contributed by atoms with Crippen LogP contribution in [0.4, 0.5) is 10.5 Å². The Balaban J connectivity index is 1.80. The molecule has 32 heavy (non-hydrogen) atoms. The normalized spacial score (nSPS) is 10.2. The van der Waals surface area contributed by atoms with Crippen LogP contribution in [0, 0.1) is 0 Å². The molecule has 2 aromatic carbocycles. The Morgan fingerprint density at radius 1 is 0.906 bits per heavy atom. The first-order valence-corrected chi connectivity index (χ1v) is 10.3. The molecule has 0 fully saturated rings. The van der Waals surface area contributed by atoms with Gasteiger partial charge in [0.2, 0.25) is 5.91 Å². The molecule has 0 aromatic heterocycles. The molecule has 0 aliphatic heterocycles. The van der Waals surface area contributed by atoms with Crippen LogP contribution >= 0.6 is 23.2 Å². The summed E-state index contributed by atoms with van der Waals surface area (Å²) >= 11 is 11.9. The van der Waals surface area contributed by atoms with Gasteiger partial charge >= 0.3 is 12.0 Å². The second-order valence-electron chi connectivity index (χ2n) is 6.70. The van der Waals surface area contributed by atoms with Crippen LogP contribution in [0.15, 0.2) is 42.5 Å². The molecule has 11 heteroatoms. The van der Waals surface area contributed by atoms with Gasteiger partial charge in [-0.1, -0.05) is 29.3 Å². The summed E-state index contributed by atoms with van der Waals surface area (Å²) in [5, 5.41) is 19.7. The molecule has 0 aliphatic rings. The first-order chi connectivity index (χ1) is 15.2. The molecule has 0 radical (unpaired) electrons. The second-order valence-corrected chi connectivity index (χ2v) is 7.57. The van der Waals surface area contributed by atoms with Gasteiger partial charge in [0.15, 0.2) is 0 Å². The van der Waals surface area contributed by atoms with Gasteiger partial charge in [-0.05, 0) is 48.4 Å². The van der Waals surface area contributed by atoms with Gasteiger partial charge < -0.3 is 26.4 Å². The van der Waals surface area contributed by atoms with Crippen LogP contribution in [0.25, 0.3) is 0 Å². The summed E-state index contributed by atoms with van der Waals surface area (Å²) in [6.45, 7) is 0.150. The SMILES string of the molecule is O=C(O)CCCNC(=O)CNC(=O)c1cccc(NC(=O)NCc2cc(Cl)cc(Cl)c2)c1. The van der Waals surface area contributed by atoms with Gasteiger partial charge in [-0.3, -0.25) is 14.4 Å². The minimum absolute atomic E-state index is 0.0488. The second kappa shape index (κ2) is 12.5. The monoisotopic (exact) mass is 480 g/mol. The number of halogens is 2. The highest BCUT2D eigenvalue weighted by molar-refractivity contribution is 6.34. The van der Waals surface area contributed by atoms with E-state index in [0.29, 0.717) is 22.2 Å². The Morgan fingerprint density at radius 2 is 1.62 bits per heavy atom. The van der Waals surface area contributed by atoms with Crippen molar-refractivity contribution in [2.24, 2.45) is 0 Å². The lowest BCUT2D eigenvalue weighted by Gasteiger charge is -2.10. The minimum atomic E-state index is -0.941. The number of benzene rings is 2. The van der Waals surface area contributed by atoms with Gasteiger partial charge in [-0.2, -0.15) is 0 Å². The molecule has 170 valence electrons. The average Bonchev–Trinajstić information content (AvgIpc) is 2.73. The van der Waals surface area contributed by atoms with Gasteiger partial charge in [-0.15, -0.1) is 0 Å². The van der Waals surface area contributed by atoms with Crippen molar-refractivity contribution in [3.05, 3.63) is 63.6 Å². The lowest BCUT2D eigenvalue weighted by atomic mass is 10.2. The highest BCUT2D eigenvalue weighted by atomic mass is 35.5. The summed E-state index contributed by atoms with van der Waals surface area (Å²) in [4.78, 5) is 46.5. The minimum Gasteiger partial charge on any atom is -0.481 e. The van der Waals surface area contributed by atoms with E-state index in [1.165, 1.54) is 12.1 Å². The third-order valence-corrected chi connectivity index (χ3v) is 4.49. The molecule has 0 saturated heterocycles. The first kappa shape index (κ1) is 25.0. The summed E-state index contributed by atoms with van der Waals surface area (Å²) in [5.41, 5.74) is 1.37. The van der Waals surface area contributed by atoms with Crippen molar-refractivity contribution in [2.75, 3.05) is 18.4 Å². The number of carboxylic acid groups (broad SMARTS) is 1. The van der Waals surface area contributed by atoms with E-state index in [1.54, 1.807) is 30.3 Å². The van der Waals surface area contributed by atoms with Gasteiger partial charge in [0.05, 0.1) is 6.54 Å². The molecule has 0 atom stereocenters. The van der Waals surface area contributed by atoms with Crippen LogP contribution in [-0.4, -0.2) is 42.0 Å². The Labute approximate surface area is 194 Å². The van der Waals surface area contributed by atoms with E-state index in [-0.39, 0.29) is 31.6 Å². The zero-order chi connectivity index (χ0) is 23.5. The number of nitrogens with one attached hydrogen (secondary N) is 4. The summed E-state index contributed by atoms with van der Waals surface area (Å²) in [5.74, 6) is -1.87. The largest absolute Gasteiger partial charge is 0.481 e. The van der Waals surface area contributed by atoms with Crippen LogP contribution in [0.2, 0.25) is 10.0 Å². The summed E-state index contributed by atoms with van der Waals surface area (Å²) in [6.07, 6.45) is 0.252. The van der Waals surface area contributed by atoms with Crippen molar-refractivity contribution in [3.8, 4) is 0 Å². The van der Waals surface area contributed by atoms with E-state index in [1.807, 2.05) is 0 Å². The van der Waals surface area contributed by atoms with Gasteiger partial charge in [0, 0.05) is 40.8 Å². The van der Waals surface area contributed by atoms with E-state index < -0.39 is 23.8 Å². The molecule has 0 aliphatic carbocycles. The van der Waals surface area contributed by atoms with E-state index in [0.717, 1.165) is 5.56 Å². The topological polar surface area (TPSA) is 137 Å². The smallest absolute Gasteiger partial charge is 0.319 e. The molecule has 0 bridgehead atoms. The van der Waals surface area contributed by atoms with Crippen LogP contribution in [0.1, 0.15) is 28.8 Å². The molecule has 2 rings (SSSR count). The summed E-state index contributed by atoms with van der Waals surface area (Å²) in [6, 6.07) is 10.7. The number of hydrogen-bond donors (Lipinski definition) is 5. The number of anilines is 1. The fraction of sp³-hybridized carbons (Fsp3) is 0.238. The lowest BCUT2D eigenvalue weighted by Crippen LogP contribution is -2.37. The quantitative estimate of drug-likeness (QED) is 0.333. The lowest BCUT2D eigenvalue weighted by molar-refractivity contribution is -0.137. The maximum absolute atomic E-state index is 12.3. The van der Waals surface area contributed by atoms with Crippen LogP contribution < -0.4 is 21.3 Å². The van der Waals surface area contributed by atoms with E-state index in [9.17, 15) is 19.2 Å². The number of hydrogen-bond acceptors (Lipinski definition) is 4. The predicted octanol–water partition coefficient (Wildman–Crippen LogP) is 3.03. The Kier molecular flexibility index (Phi) is 9.77. The molecular formula is C21H22Cl2N4O5. The van der Waals surface area contributed by atoms with Gasteiger partial charge in [0.25, 0.3) is 5.91 Å². The Bertz CT molecular complexity index is 980. The van der Waals surface area contributed by atoms with Crippen molar-refractivity contribution in [1.29, 1.82) is 0 Å². The average molecular weight is 481 g/mol. The van der Waals surface area contributed by atoms with Crippen molar-refractivity contribution < 1.29 is 24.3 Å². The molecule has 0 spiro atoms. The number of carbonyl (C=O) groups excluding carboxylic acids is 3. The molecule has 4 amide bonds. The van der Waals surface area contributed by atoms with Crippen molar-refractivity contribution in [2.45, 2.75) is 19.4 Å². The molecule has 0 heterocycles. The number of rotatable bonds is 10. The number of amides is 4. The maximum Gasteiger partial charge on any atom is 0.319 e. The van der Waals surface area contributed by atoms with Crippen molar-refractivity contribution >= 4 is 52.7 Å². The fourth-order valence-corrected chi connectivity index (χ4v) is 3.17. The maximum atomic E-state index is 12.3. The number of aliphatic carboxylic acids is 1. The predicted molar refractivity (Wildman–Crippen MR) is 121 cm³/mol. The standard InChI is InChI=1S/C21H22Cl2N4O5/c22-15-7-13(8-16(23)10-15)11-26-21(32)27-17-4-1-3-14(9-17)20(31)25-12-18(28)24-6-2-5-19(29)30/h1,3-4,7-10H,2,5-6,11-12H2,(H,24,28)(H,25,31)(H,29,30)(H2,26,27,32). The van der Waals surface area contributed by atoms with Gasteiger partial charge in [0.1, 0.15) is 0 Å². The van der Waals surface area contributed by atoms with Gasteiger partial charge in [-0.25, -0.2) is 4.79 Å². The number of carboxylic acids is 1. The van der Waals surface area contributed by atoms with E-state index >= 15 is 0 Å². The molecule has 0 unspecified atom stereocenters. The van der Waals surface area contributed by atoms with Crippen molar-refractivity contribution in [3.63, 3.8) is 0 Å². The molecule has 9 nitrogen and oxygen atoms in total. The third kappa shape index (κ3) is 9.23. The van der Waals surface area contributed by atoms with Crippen molar-refractivity contribution in [1.82, 2.24) is 16.0 Å². The zero-order valence-electron chi connectivity index (χ0n) is 16.9. The number of urea groups is 1. The van der Waals surface area contributed by atoms with Crippen LogP contribution in [-0.2, 0) is 16.1 Å². The van der Waals surface area contributed by atoms with Crippen LogP contribution in [0.5, 0.6) is 0 Å². The molecule has 5 N–H and O–H groups in total. The van der Waals surface area contributed by atoms with E-state index in [2.05, 4.69) is 21.3 Å². The molecule has 2 aromatic rings. The molecular weight excluding hydrogens is 459 g/mol. The highest BCUT2D eigenvalue weighted by Crippen LogP contribution is 2.19. The summed E-state index contributed by atoms with van der Waals surface area (Å²) < 4.78 is 0. The molecule has 0 saturated carbocycles. The Morgan fingerprint density at radius 3 is 2.31 bits per heavy atom. The van der Waals surface area contributed by atoms with Crippen LogP contribution in [0.3, 0.4) is 0 Å². The first-order valence-electron chi connectivity index (χ1n) is 9.59. The summed E-state index contributed by atoms with van der Waals surface area (Å²) in [7, 11) is 0. The zero-order valence-corrected chi connectivity index (χ0v) is 18.4. The highest BCUT2D eigenvalue weighted by Gasteiger charge is 2.10. The van der Waals surface area contributed by atoms with E-state index in [4.69, 9.17) is 28.3 Å². The Hall–Kier alpha value is -3.30. The fourth-order valence-electron chi connectivity index (χ4n) is 2.60. The number of carbonyl (C=O) groups is 4. The third-order valence-electron chi connectivity index (χ3n) is 4.06.